The number of carbonyl (C=O) groups excluding carboxylic acids is 2. The number of likely N-dealkylation sites (tertiary alicyclic amines) is 1. The van der Waals surface area contributed by atoms with E-state index in [-0.39, 0.29) is 40.2 Å². The lowest BCUT2D eigenvalue weighted by Crippen LogP contribution is -2.41. The predicted molar refractivity (Wildman–Crippen MR) is 128 cm³/mol. The van der Waals surface area contributed by atoms with Gasteiger partial charge in [-0.1, -0.05) is 30.3 Å². The number of hydrogen-bond acceptors (Lipinski definition) is 8. The molecule has 2 aromatic rings. The summed E-state index contributed by atoms with van der Waals surface area (Å²) in [6.45, 7) is 1.02. The summed E-state index contributed by atoms with van der Waals surface area (Å²) in [5, 5.41) is 20.4. The highest BCUT2D eigenvalue weighted by Crippen LogP contribution is 2.32. The van der Waals surface area contributed by atoms with Gasteiger partial charge in [0.1, 0.15) is 5.04 Å². The lowest BCUT2D eigenvalue weighted by Gasteiger charge is -2.26. The molecule has 2 heterocycles. The first-order chi connectivity index (χ1) is 17.1. The minimum Gasteiger partial charge on any atom is -0.404 e. The molecule has 4 rings (SSSR count). The van der Waals surface area contributed by atoms with Gasteiger partial charge >= 0.3 is 6.36 Å². The number of fused-ring (bicyclic) bond motifs is 2. The van der Waals surface area contributed by atoms with Crippen molar-refractivity contribution in [3.05, 3.63) is 59.7 Å². The first-order valence-corrected chi connectivity index (χ1v) is 11.7. The van der Waals surface area contributed by atoms with Crippen LogP contribution >= 0.6 is 11.8 Å². The molecule has 2 amide bonds. The van der Waals surface area contributed by atoms with Gasteiger partial charge < -0.3 is 20.1 Å². The van der Waals surface area contributed by atoms with Crippen molar-refractivity contribution in [2.75, 3.05) is 25.0 Å². The fourth-order valence-electron chi connectivity index (χ4n) is 3.98. The van der Waals surface area contributed by atoms with Crippen molar-refractivity contribution in [3.63, 3.8) is 0 Å². The van der Waals surface area contributed by atoms with E-state index < -0.39 is 23.9 Å². The van der Waals surface area contributed by atoms with E-state index in [0.29, 0.717) is 30.5 Å². The number of morpholine rings is 1. The zero-order valence-corrected chi connectivity index (χ0v) is 19.5. The average Bonchev–Trinajstić information content (AvgIpc) is 3.43. The molecule has 9 nitrogen and oxygen atoms in total. The van der Waals surface area contributed by atoms with Crippen molar-refractivity contribution in [3.8, 4) is 5.75 Å². The highest BCUT2D eigenvalue weighted by molar-refractivity contribution is 8.26. The maximum atomic E-state index is 12.9. The van der Waals surface area contributed by atoms with E-state index in [0.717, 1.165) is 24.6 Å². The fourth-order valence-corrected chi connectivity index (χ4v) is 4.58. The molecule has 13 heteroatoms. The van der Waals surface area contributed by atoms with E-state index in [9.17, 15) is 22.8 Å². The van der Waals surface area contributed by atoms with Gasteiger partial charge in [0.2, 0.25) is 5.91 Å². The number of carbonyl (C=O) groups is 2. The Kier molecular flexibility index (Phi) is 7.62. The van der Waals surface area contributed by atoms with E-state index in [1.165, 1.54) is 0 Å². The molecule has 190 valence electrons. The third-order valence-electron chi connectivity index (χ3n) is 5.57. The molecule has 0 spiro atoms. The lowest BCUT2D eigenvalue weighted by molar-refractivity contribution is -0.274. The standard InChI is InChI=1S/C23H22F3N5O4S/c24-23(25,26)35-18-7-6-14(21(33)30-22(28)36-20(27)13-4-2-1-3-5-13)8-17(18)29-19(32)11-31-10-16-9-15(31)12-34-16/h1-8,15-16,27H,9-12H2,(H,29,32)(H2,28,30,33)/t15-,16-/m0/s1. The molecule has 2 bridgehead atoms. The van der Waals surface area contributed by atoms with Crippen LogP contribution in [-0.2, 0) is 9.53 Å². The summed E-state index contributed by atoms with van der Waals surface area (Å²) in [6.07, 6.45) is -4.15. The summed E-state index contributed by atoms with van der Waals surface area (Å²) in [5.74, 6) is -2.03. The van der Waals surface area contributed by atoms with Crippen molar-refractivity contribution < 1.29 is 32.2 Å². The van der Waals surface area contributed by atoms with Crippen LogP contribution < -0.4 is 15.4 Å². The first-order valence-electron chi connectivity index (χ1n) is 10.8. The monoisotopic (exact) mass is 521 g/mol. The number of amidine groups is 1. The van der Waals surface area contributed by atoms with E-state index >= 15 is 0 Å². The van der Waals surface area contributed by atoms with Crippen LogP contribution in [0.15, 0.2) is 48.5 Å². The largest absolute Gasteiger partial charge is 0.573 e. The number of benzene rings is 2. The number of thioether (sulfide) groups is 1. The number of hydrogen-bond donors (Lipinski definition) is 4. The molecule has 2 saturated heterocycles. The third kappa shape index (κ3) is 6.62. The van der Waals surface area contributed by atoms with Crippen LogP contribution in [-0.4, -0.2) is 65.1 Å². The third-order valence-corrected chi connectivity index (χ3v) is 6.32. The van der Waals surface area contributed by atoms with Gasteiger partial charge in [0.15, 0.2) is 10.9 Å². The molecule has 2 aliphatic heterocycles. The second-order valence-corrected chi connectivity index (χ2v) is 9.18. The summed E-state index contributed by atoms with van der Waals surface area (Å²) in [4.78, 5) is 27.1. The van der Waals surface area contributed by atoms with Gasteiger partial charge in [0, 0.05) is 23.7 Å². The zero-order valence-electron chi connectivity index (χ0n) is 18.7. The molecule has 0 unspecified atom stereocenters. The van der Waals surface area contributed by atoms with Gasteiger partial charge in [-0.15, -0.1) is 13.2 Å². The number of amides is 2. The second kappa shape index (κ2) is 10.7. The van der Waals surface area contributed by atoms with Crippen molar-refractivity contribution in [2.24, 2.45) is 0 Å². The molecule has 0 saturated carbocycles. The molecule has 4 N–H and O–H groups in total. The average molecular weight is 522 g/mol. The molecular formula is C23H22F3N5O4S. The molecule has 36 heavy (non-hydrogen) atoms. The minimum absolute atomic E-state index is 0.0313. The Balaban J connectivity index is 1.43. The summed E-state index contributed by atoms with van der Waals surface area (Å²) in [5.41, 5.74) is 0.116. The Morgan fingerprint density at radius 1 is 1.14 bits per heavy atom. The summed E-state index contributed by atoms with van der Waals surface area (Å²) < 4.78 is 48.2. The highest BCUT2D eigenvalue weighted by Gasteiger charge is 2.39. The van der Waals surface area contributed by atoms with Crippen molar-refractivity contribution >= 4 is 39.5 Å². The quantitative estimate of drug-likeness (QED) is 0.341. The number of nitrogens with zero attached hydrogens (tertiary/aromatic N) is 1. The molecule has 0 radical (unpaired) electrons. The highest BCUT2D eigenvalue weighted by atomic mass is 32.2. The first kappa shape index (κ1) is 25.7. The van der Waals surface area contributed by atoms with Crippen molar-refractivity contribution in [1.29, 1.82) is 10.8 Å². The van der Waals surface area contributed by atoms with E-state index in [4.69, 9.17) is 15.6 Å². The van der Waals surface area contributed by atoms with Crippen LogP contribution in [0.1, 0.15) is 22.3 Å². The maximum absolute atomic E-state index is 12.9. The predicted octanol–water partition coefficient (Wildman–Crippen LogP) is 3.42. The number of rotatable bonds is 6. The number of ether oxygens (including phenoxy) is 2. The van der Waals surface area contributed by atoms with Gasteiger partial charge in [0.25, 0.3) is 5.91 Å². The molecule has 0 aliphatic carbocycles. The number of alkyl halides is 3. The Morgan fingerprint density at radius 2 is 1.89 bits per heavy atom. The summed E-state index contributed by atoms with van der Waals surface area (Å²) in [6, 6.07) is 11.7. The molecule has 2 fully saturated rings. The fraction of sp³-hybridized carbons (Fsp3) is 0.304. The van der Waals surface area contributed by atoms with Crippen LogP contribution in [0, 0.1) is 10.8 Å². The van der Waals surface area contributed by atoms with Crippen LogP contribution in [0.25, 0.3) is 0 Å². The second-order valence-electron chi connectivity index (χ2n) is 8.16. The number of anilines is 1. The Morgan fingerprint density at radius 3 is 2.53 bits per heavy atom. The van der Waals surface area contributed by atoms with Crippen LogP contribution in [0.3, 0.4) is 0 Å². The normalized spacial score (nSPS) is 19.1. The van der Waals surface area contributed by atoms with Crippen LogP contribution in [0.4, 0.5) is 18.9 Å². The number of halogens is 3. The zero-order chi connectivity index (χ0) is 25.9. The molecular weight excluding hydrogens is 499 g/mol. The Hall–Kier alpha value is -3.42. The maximum Gasteiger partial charge on any atom is 0.573 e. The topological polar surface area (TPSA) is 128 Å². The van der Waals surface area contributed by atoms with Gasteiger partial charge in [-0.2, -0.15) is 0 Å². The van der Waals surface area contributed by atoms with E-state index in [1.807, 2.05) is 4.90 Å². The van der Waals surface area contributed by atoms with Crippen molar-refractivity contribution in [1.82, 2.24) is 10.2 Å². The molecule has 2 atom stereocenters. The van der Waals surface area contributed by atoms with Gasteiger partial charge in [-0.05, 0) is 36.4 Å². The SMILES string of the molecule is N=C(NC(=O)c1ccc(OC(F)(F)F)c(NC(=O)CN2C[C@@H]3C[C@H]2CO3)c1)SC(=N)c1ccccc1. The molecule has 0 aromatic heterocycles. The Bertz CT molecular complexity index is 1180. The summed E-state index contributed by atoms with van der Waals surface area (Å²) >= 11 is 0.701. The molecule has 2 aliphatic rings. The minimum atomic E-state index is -5.01. The van der Waals surface area contributed by atoms with Crippen LogP contribution in [0.2, 0.25) is 0 Å². The number of nitrogens with one attached hydrogen (secondary N) is 4. The van der Waals surface area contributed by atoms with Gasteiger partial charge in [-0.3, -0.25) is 25.3 Å². The summed E-state index contributed by atoms with van der Waals surface area (Å²) in [7, 11) is 0. The lowest BCUT2D eigenvalue weighted by atomic mass is 10.1. The van der Waals surface area contributed by atoms with E-state index in [2.05, 4.69) is 15.4 Å². The smallest absolute Gasteiger partial charge is 0.404 e. The Labute approximate surface area is 208 Å². The van der Waals surface area contributed by atoms with Gasteiger partial charge in [-0.25, -0.2) is 0 Å². The molecule has 2 aromatic carbocycles. The van der Waals surface area contributed by atoms with E-state index in [1.54, 1.807) is 30.3 Å². The van der Waals surface area contributed by atoms with Gasteiger partial charge in [0.05, 0.1) is 24.9 Å². The van der Waals surface area contributed by atoms with Crippen molar-refractivity contribution in [2.45, 2.75) is 24.9 Å². The van der Waals surface area contributed by atoms with Crippen LogP contribution in [0.5, 0.6) is 5.75 Å².